The summed E-state index contributed by atoms with van der Waals surface area (Å²) in [7, 11) is 0. The van der Waals surface area contributed by atoms with Crippen LogP contribution in [0, 0.1) is 11.8 Å². The molecule has 3 N–H and O–H groups in total. The third-order valence-corrected chi connectivity index (χ3v) is 4.34. The topological polar surface area (TPSA) is 38.0 Å². The molecule has 0 saturated heterocycles. The fraction of sp³-hybridized carbons (Fsp3) is 0.600. The Balaban J connectivity index is 2.10. The second-order valence-electron chi connectivity index (χ2n) is 5.35. The van der Waals surface area contributed by atoms with Crippen LogP contribution in [-0.2, 0) is 12.8 Å². The number of rotatable bonds is 4. The van der Waals surface area contributed by atoms with Crippen molar-refractivity contribution in [2.45, 2.75) is 45.6 Å². The molecule has 0 spiro atoms. The molecule has 0 bridgehead atoms. The van der Waals surface area contributed by atoms with Crippen LogP contribution in [0.1, 0.15) is 37.8 Å². The standard InChI is InChI=1S/C15H24N2/c1-3-11(2)15(17-16)14-9-8-12-6-4-5-7-13(12)10-14/h4-7,11,14-15,17H,3,8-10,16H2,1-2H3. The summed E-state index contributed by atoms with van der Waals surface area (Å²) in [6.45, 7) is 4.54. The highest BCUT2D eigenvalue weighted by molar-refractivity contribution is 5.30. The fourth-order valence-electron chi connectivity index (χ4n) is 3.05. The Kier molecular flexibility index (Phi) is 4.19. The van der Waals surface area contributed by atoms with Crippen molar-refractivity contribution in [3.8, 4) is 0 Å². The molecule has 1 aromatic carbocycles. The molecular formula is C15H24N2. The molecule has 0 fully saturated rings. The van der Waals surface area contributed by atoms with Crippen LogP contribution < -0.4 is 11.3 Å². The van der Waals surface area contributed by atoms with E-state index in [1.54, 1.807) is 0 Å². The van der Waals surface area contributed by atoms with E-state index in [1.165, 1.54) is 36.8 Å². The molecule has 1 aliphatic carbocycles. The lowest BCUT2D eigenvalue weighted by molar-refractivity contribution is 0.245. The lowest BCUT2D eigenvalue weighted by atomic mass is 9.76. The van der Waals surface area contributed by atoms with Crippen LogP contribution in [0.15, 0.2) is 24.3 Å². The monoisotopic (exact) mass is 232 g/mol. The van der Waals surface area contributed by atoms with Crippen molar-refractivity contribution in [2.24, 2.45) is 17.7 Å². The van der Waals surface area contributed by atoms with E-state index in [2.05, 4.69) is 43.5 Å². The minimum Gasteiger partial charge on any atom is -0.271 e. The van der Waals surface area contributed by atoms with Crippen molar-refractivity contribution in [2.75, 3.05) is 0 Å². The Bertz CT molecular complexity index is 362. The fourth-order valence-corrected chi connectivity index (χ4v) is 3.05. The van der Waals surface area contributed by atoms with Crippen LogP contribution in [0.3, 0.4) is 0 Å². The number of fused-ring (bicyclic) bond motifs is 1. The van der Waals surface area contributed by atoms with Crippen LogP contribution in [0.2, 0.25) is 0 Å². The second kappa shape index (κ2) is 5.65. The average Bonchev–Trinajstić information content (AvgIpc) is 2.39. The second-order valence-corrected chi connectivity index (χ2v) is 5.35. The van der Waals surface area contributed by atoms with Gasteiger partial charge in [-0.1, -0.05) is 44.5 Å². The molecule has 3 atom stereocenters. The van der Waals surface area contributed by atoms with E-state index in [4.69, 9.17) is 5.84 Å². The van der Waals surface area contributed by atoms with E-state index in [0.29, 0.717) is 17.9 Å². The third-order valence-electron chi connectivity index (χ3n) is 4.34. The molecule has 0 amide bonds. The summed E-state index contributed by atoms with van der Waals surface area (Å²) in [5, 5.41) is 0. The SMILES string of the molecule is CCC(C)C(NN)C1CCc2ccccc2C1. The van der Waals surface area contributed by atoms with Crippen LogP contribution in [0.25, 0.3) is 0 Å². The first-order valence-electron chi connectivity index (χ1n) is 6.79. The highest BCUT2D eigenvalue weighted by Gasteiger charge is 2.28. The predicted molar refractivity (Wildman–Crippen MR) is 72.5 cm³/mol. The molecule has 0 aromatic heterocycles. The summed E-state index contributed by atoms with van der Waals surface area (Å²) in [5.41, 5.74) is 6.11. The van der Waals surface area contributed by atoms with Gasteiger partial charge in [0.2, 0.25) is 0 Å². The van der Waals surface area contributed by atoms with Crippen molar-refractivity contribution in [1.29, 1.82) is 0 Å². The van der Waals surface area contributed by atoms with Gasteiger partial charge in [-0.25, -0.2) is 0 Å². The molecule has 0 heterocycles. The lowest BCUT2D eigenvalue weighted by Gasteiger charge is -2.34. The number of benzene rings is 1. The number of hydrogen-bond acceptors (Lipinski definition) is 2. The molecule has 2 nitrogen and oxygen atoms in total. The van der Waals surface area contributed by atoms with Gasteiger partial charge in [0, 0.05) is 6.04 Å². The zero-order valence-corrected chi connectivity index (χ0v) is 10.9. The summed E-state index contributed by atoms with van der Waals surface area (Å²) >= 11 is 0. The Morgan fingerprint density at radius 1 is 1.35 bits per heavy atom. The molecule has 1 aromatic rings. The molecule has 0 aliphatic heterocycles. The van der Waals surface area contributed by atoms with Crippen LogP contribution in [-0.4, -0.2) is 6.04 Å². The van der Waals surface area contributed by atoms with E-state index in [1.807, 2.05) is 0 Å². The van der Waals surface area contributed by atoms with Gasteiger partial charge in [-0.15, -0.1) is 0 Å². The molecule has 2 rings (SSSR count). The summed E-state index contributed by atoms with van der Waals surface area (Å²) < 4.78 is 0. The van der Waals surface area contributed by atoms with Crippen molar-refractivity contribution >= 4 is 0 Å². The van der Waals surface area contributed by atoms with Gasteiger partial charge >= 0.3 is 0 Å². The first-order chi connectivity index (χ1) is 8.26. The number of hydrogen-bond donors (Lipinski definition) is 2. The maximum Gasteiger partial charge on any atom is 0.0267 e. The van der Waals surface area contributed by atoms with Gasteiger partial charge in [-0.2, -0.15) is 0 Å². The Morgan fingerprint density at radius 2 is 2.06 bits per heavy atom. The number of aryl methyl sites for hydroxylation is 1. The Labute approximate surface area is 105 Å². The highest BCUT2D eigenvalue weighted by atomic mass is 15.2. The largest absolute Gasteiger partial charge is 0.271 e. The maximum atomic E-state index is 5.75. The van der Waals surface area contributed by atoms with Crippen molar-refractivity contribution in [3.05, 3.63) is 35.4 Å². The third kappa shape index (κ3) is 2.70. The van der Waals surface area contributed by atoms with E-state index in [-0.39, 0.29) is 0 Å². The lowest BCUT2D eigenvalue weighted by Crippen LogP contribution is -2.46. The Morgan fingerprint density at radius 3 is 2.71 bits per heavy atom. The molecular weight excluding hydrogens is 208 g/mol. The molecule has 2 heteroatoms. The molecule has 1 aliphatic rings. The number of nitrogens with two attached hydrogens (primary N) is 1. The van der Waals surface area contributed by atoms with Crippen molar-refractivity contribution < 1.29 is 0 Å². The molecule has 3 unspecified atom stereocenters. The van der Waals surface area contributed by atoms with Gasteiger partial charge in [-0.05, 0) is 42.2 Å². The maximum absolute atomic E-state index is 5.75. The smallest absolute Gasteiger partial charge is 0.0267 e. The predicted octanol–water partition coefficient (Wildman–Crippen LogP) is 2.67. The van der Waals surface area contributed by atoms with Crippen LogP contribution >= 0.6 is 0 Å². The van der Waals surface area contributed by atoms with Gasteiger partial charge in [-0.3, -0.25) is 11.3 Å². The molecule has 94 valence electrons. The van der Waals surface area contributed by atoms with E-state index >= 15 is 0 Å². The quantitative estimate of drug-likeness (QED) is 0.619. The highest BCUT2D eigenvalue weighted by Crippen LogP contribution is 2.30. The first-order valence-corrected chi connectivity index (χ1v) is 6.79. The summed E-state index contributed by atoms with van der Waals surface area (Å²) in [4.78, 5) is 0. The molecule has 0 radical (unpaired) electrons. The zero-order chi connectivity index (χ0) is 12.3. The average molecular weight is 232 g/mol. The molecule has 17 heavy (non-hydrogen) atoms. The van der Waals surface area contributed by atoms with Crippen molar-refractivity contribution in [3.63, 3.8) is 0 Å². The van der Waals surface area contributed by atoms with E-state index in [9.17, 15) is 0 Å². The summed E-state index contributed by atoms with van der Waals surface area (Å²) in [5.74, 6) is 7.08. The minimum absolute atomic E-state index is 0.452. The van der Waals surface area contributed by atoms with Gasteiger partial charge in [0.15, 0.2) is 0 Å². The van der Waals surface area contributed by atoms with Gasteiger partial charge < -0.3 is 0 Å². The van der Waals surface area contributed by atoms with Crippen molar-refractivity contribution in [1.82, 2.24) is 5.43 Å². The van der Waals surface area contributed by atoms with Gasteiger partial charge in [0.1, 0.15) is 0 Å². The Hall–Kier alpha value is -0.860. The number of hydrazine groups is 1. The summed E-state index contributed by atoms with van der Waals surface area (Å²) in [6, 6.07) is 9.28. The number of nitrogens with one attached hydrogen (secondary N) is 1. The summed E-state index contributed by atoms with van der Waals surface area (Å²) in [6.07, 6.45) is 4.83. The van der Waals surface area contributed by atoms with E-state index in [0.717, 1.165) is 0 Å². The minimum atomic E-state index is 0.452. The van der Waals surface area contributed by atoms with Gasteiger partial charge in [0.05, 0.1) is 0 Å². The van der Waals surface area contributed by atoms with Gasteiger partial charge in [0.25, 0.3) is 0 Å². The van der Waals surface area contributed by atoms with E-state index < -0.39 is 0 Å². The van der Waals surface area contributed by atoms with Crippen LogP contribution in [0.4, 0.5) is 0 Å². The zero-order valence-electron chi connectivity index (χ0n) is 10.9. The molecule has 0 saturated carbocycles. The normalized spacial score (nSPS) is 22.9. The first kappa shape index (κ1) is 12.6. The van der Waals surface area contributed by atoms with Crippen LogP contribution in [0.5, 0.6) is 0 Å².